The third-order valence-electron chi connectivity index (χ3n) is 19.6. The number of halogens is 14. The maximum atomic E-state index is 14.2. The molecule has 15 rings (SSSR count). The van der Waals surface area contributed by atoms with E-state index in [4.69, 9.17) is 61.8 Å². The molecule has 0 saturated carbocycles. The molecule has 0 saturated heterocycles. The molecule has 10 heterocycles. The summed E-state index contributed by atoms with van der Waals surface area (Å²) in [6, 6.07) is 28.3. The van der Waals surface area contributed by atoms with Crippen LogP contribution < -0.4 is 52.4 Å². The van der Waals surface area contributed by atoms with Crippen LogP contribution in [0.5, 0.6) is 29.4 Å². The van der Waals surface area contributed by atoms with Gasteiger partial charge in [0, 0.05) is 76.9 Å². The van der Waals surface area contributed by atoms with Crippen molar-refractivity contribution in [3.63, 3.8) is 0 Å². The van der Waals surface area contributed by atoms with Crippen LogP contribution in [-0.2, 0) is 55.8 Å². The van der Waals surface area contributed by atoms with Crippen LogP contribution in [-0.4, -0.2) is 152 Å². The molecule has 5 atom stereocenters. The van der Waals surface area contributed by atoms with Crippen molar-refractivity contribution < 1.29 is 133 Å². The molecule has 0 spiro atoms. The van der Waals surface area contributed by atoms with Crippen LogP contribution >= 0.6 is 0 Å². The van der Waals surface area contributed by atoms with E-state index in [-0.39, 0.29) is 124 Å². The third kappa shape index (κ3) is 23.6. The average molecular weight is 1740 g/mol. The molecule has 5 aromatic heterocycles. The van der Waals surface area contributed by atoms with Gasteiger partial charge in [0.05, 0.1) is 33.0 Å². The zero-order valence-corrected chi connectivity index (χ0v) is 65.5. The number of carbonyl (C=O) groups excluding carboxylic acids is 5. The zero-order valence-electron chi connectivity index (χ0n) is 65.5. The first kappa shape index (κ1) is 91.8. The van der Waals surface area contributed by atoms with Gasteiger partial charge in [0.15, 0.2) is 0 Å². The quantitative estimate of drug-likeness (QED) is 0.0371. The van der Waals surface area contributed by atoms with Crippen LogP contribution in [0.2, 0.25) is 0 Å². The van der Waals surface area contributed by atoms with E-state index < -0.39 is 103 Å². The normalized spacial score (nSPS) is 16.4. The van der Waals surface area contributed by atoms with Crippen molar-refractivity contribution in [2.45, 2.75) is 115 Å². The van der Waals surface area contributed by atoms with E-state index in [0.29, 0.717) is 139 Å². The number of methoxy groups -OCH3 is 2. The fourth-order valence-corrected chi connectivity index (χ4v) is 13.8. The number of hydrogen-bond donors (Lipinski definition) is 5. The van der Waals surface area contributed by atoms with Crippen LogP contribution in [0, 0.1) is 46.5 Å². The second-order valence-corrected chi connectivity index (χ2v) is 28.0. The van der Waals surface area contributed by atoms with Gasteiger partial charge >= 0.3 is 19.8 Å². The second kappa shape index (κ2) is 41.7. The lowest BCUT2D eigenvalue weighted by molar-refractivity contribution is -0.146. The predicted molar refractivity (Wildman–Crippen MR) is 414 cm³/mol. The molecule has 0 bridgehead atoms. The lowest BCUT2D eigenvalue weighted by Crippen LogP contribution is -2.30. The molecule has 124 heavy (non-hydrogen) atoms. The Labute approximate surface area is 696 Å². The van der Waals surface area contributed by atoms with Crippen molar-refractivity contribution in [2.75, 3.05) is 47.3 Å². The van der Waals surface area contributed by atoms with Gasteiger partial charge in [0.2, 0.25) is 29.4 Å². The summed E-state index contributed by atoms with van der Waals surface area (Å²) in [5.41, 5.74) is 33.6. The Morgan fingerprint density at radius 2 is 0.516 bits per heavy atom. The number of fused-ring (bicyclic) bond motifs is 5. The van der Waals surface area contributed by atoms with Crippen molar-refractivity contribution in [3.05, 3.63) is 236 Å². The molecule has 0 radical (unpaired) electrons. The largest absolute Gasteiger partial charge is 0.472 e. The van der Waals surface area contributed by atoms with E-state index in [1.807, 2.05) is 0 Å². The molecule has 5 aromatic carbocycles. The van der Waals surface area contributed by atoms with Gasteiger partial charge in [-0.05, 0) is 194 Å². The van der Waals surface area contributed by atoms with Crippen LogP contribution in [0.15, 0.2) is 133 Å². The Morgan fingerprint density at radius 1 is 0.306 bits per heavy atom. The van der Waals surface area contributed by atoms with Crippen molar-refractivity contribution in [1.29, 1.82) is 0 Å². The van der Waals surface area contributed by atoms with Crippen molar-refractivity contribution >= 4 is 29.5 Å². The molecular weight excluding hydrogens is 1670 g/mol. The first-order chi connectivity index (χ1) is 59.2. The zero-order chi connectivity index (χ0) is 89.3. The van der Waals surface area contributed by atoms with Gasteiger partial charge in [0.1, 0.15) is 106 Å². The number of nitrogens with zero attached hydrogens (tertiary/aromatic N) is 5. The molecule has 5 aliphatic rings. The number of carbonyl (C=O) groups is 5. The van der Waals surface area contributed by atoms with Crippen LogP contribution in [0.4, 0.5) is 61.5 Å². The Balaban J connectivity index is 0.000000151. The Bertz CT molecular complexity index is 5290. The summed E-state index contributed by atoms with van der Waals surface area (Å²) in [4.78, 5) is 78.1. The molecule has 654 valence electrons. The maximum Gasteiger partial charge on any atom is 0.345 e. The van der Waals surface area contributed by atoms with Gasteiger partial charge in [-0.3, -0.25) is 24.0 Å². The third-order valence-corrected chi connectivity index (χ3v) is 19.6. The molecular formula is C85H76F14N10O15. The monoisotopic (exact) mass is 1740 g/mol. The molecule has 5 amide bonds. The number of hydrogen-bond acceptors (Lipinski definition) is 20. The number of ether oxygens (including phenoxy) is 10. The van der Waals surface area contributed by atoms with Gasteiger partial charge in [-0.1, -0.05) is 24.3 Å². The highest BCUT2D eigenvalue weighted by Gasteiger charge is 2.34. The minimum Gasteiger partial charge on any atom is -0.472 e. The van der Waals surface area contributed by atoms with Gasteiger partial charge in [-0.25, -0.2) is 60.0 Å². The van der Waals surface area contributed by atoms with Gasteiger partial charge < -0.3 is 76.0 Å². The van der Waals surface area contributed by atoms with E-state index in [2.05, 4.69) is 39.1 Å². The summed E-state index contributed by atoms with van der Waals surface area (Å²) < 4.78 is 233. The van der Waals surface area contributed by atoms with E-state index in [9.17, 15) is 85.4 Å². The first-order valence-corrected chi connectivity index (χ1v) is 37.8. The number of benzene rings is 5. The van der Waals surface area contributed by atoms with E-state index in [1.165, 1.54) is 72.8 Å². The second-order valence-electron chi connectivity index (χ2n) is 28.0. The minimum atomic E-state index is -2.94. The highest BCUT2D eigenvalue weighted by molar-refractivity contribution is 5.96. The highest BCUT2D eigenvalue weighted by Crippen LogP contribution is 2.43. The predicted octanol–water partition coefficient (Wildman–Crippen LogP) is 13.8. The average Bonchev–Trinajstić information content (AvgIpc) is 0.809. The fraction of sp³-hybridized carbons (Fsp3) is 0.294. The van der Waals surface area contributed by atoms with Crippen LogP contribution in [0.25, 0.3) is 55.6 Å². The first-order valence-electron chi connectivity index (χ1n) is 37.8. The molecule has 0 aliphatic carbocycles. The fourth-order valence-electron chi connectivity index (χ4n) is 13.8. The van der Waals surface area contributed by atoms with E-state index >= 15 is 0 Å². The molecule has 10 aromatic rings. The standard InChI is InChI=1S/C17H14F4N2O3.2C17H15F3N2O3.2C17H16F2N2O3/c18-8-1-3-10(13(19)5-8)12-6-14(15(22)24)23-16-11(12)4-2-9(26-16)7-25-17(20)21;2*18-10-3-1-9(2-4-10)13-7-14(15(21)23)22-16-12(13)6-5-11(25-16)8-24-17(19)20;2*1-23-8-10-3-5-12-13(11-4-2-9(18)6-14(11)19)7-15(16(20)22)21-17(12)24-10/h1,3,5-6,9,17H,2,4,7H2,(H2,22,24);2*1-4,7,11,17H,5-6,8H2,(H2,21,23);2*2,4,6-7,10H,3,5,8H2,1H3,(H2,20,22)/t9-;2*11-;2*10-/m01010/s1. The number of nitrogens with two attached hydrogens (primary N) is 5. The number of alkyl halides is 6. The minimum absolute atomic E-state index is 0.00542. The van der Waals surface area contributed by atoms with Gasteiger partial charge in [-0.15, -0.1) is 0 Å². The summed E-state index contributed by atoms with van der Waals surface area (Å²) in [5.74, 6) is -8.23. The Morgan fingerprint density at radius 3 is 0.726 bits per heavy atom. The Kier molecular flexibility index (Phi) is 30.9. The maximum absolute atomic E-state index is 14.2. The number of rotatable bonds is 23. The number of primary amides is 5. The van der Waals surface area contributed by atoms with Crippen LogP contribution in [0.1, 0.15) is 112 Å². The lowest BCUT2D eigenvalue weighted by atomic mass is 9.94. The molecule has 39 heteroatoms. The van der Waals surface area contributed by atoms with Crippen LogP contribution in [0.3, 0.4) is 0 Å². The topological polar surface area (TPSA) is 372 Å². The molecule has 10 N–H and O–H groups in total. The summed E-state index contributed by atoms with van der Waals surface area (Å²) >= 11 is 0. The summed E-state index contributed by atoms with van der Waals surface area (Å²) in [6.07, 6.45) is 2.69. The smallest absolute Gasteiger partial charge is 0.345 e. The molecule has 0 unspecified atom stereocenters. The molecule has 25 nitrogen and oxygen atoms in total. The molecule has 5 aliphatic heterocycles. The number of pyridine rings is 5. The lowest BCUT2D eigenvalue weighted by Gasteiger charge is -2.27. The van der Waals surface area contributed by atoms with Crippen molar-refractivity contribution in [2.24, 2.45) is 28.7 Å². The summed E-state index contributed by atoms with van der Waals surface area (Å²) in [5, 5.41) is 0. The van der Waals surface area contributed by atoms with Gasteiger partial charge in [-0.2, -0.15) is 26.3 Å². The van der Waals surface area contributed by atoms with E-state index in [1.54, 1.807) is 38.5 Å². The van der Waals surface area contributed by atoms with E-state index in [0.717, 1.165) is 36.4 Å². The summed E-state index contributed by atoms with van der Waals surface area (Å²) in [6.45, 7) is -8.88. The number of aromatic nitrogens is 5. The highest BCUT2D eigenvalue weighted by atomic mass is 19.3. The SMILES string of the molecule is COC[C@@H]1CCc2c(-c3ccc(F)cc3F)cc(C(N)=O)nc2O1.COC[C@H]1CCc2c(-c3ccc(F)cc3F)cc(C(N)=O)nc2O1.NC(=O)c1cc(-c2ccc(F)cc2)c2c(n1)O[C@@H](COC(F)F)CC2.NC(=O)c1cc(-c2ccc(F)cc2)c2c(n1)O[C@H](COC(F)F)CC2.NC(=O)c1cc(-c2ccc(F)cc2F)c2c(n1)O[C@H](COC(F)F)CC2. The number of amides is 5. The van der Waals surface area contributed by atoms with Crippen molar-refractivity contribution in [3.8, 4) is 85.0 Å². The van der Waals surface area contributed by atoms with Gasteiger partial charge in [0.25, 0.3) is 29.5 Å². The van der Waals surface area contributed by atoms with Crippen molar-refractivity contribution in [1.82, 2.24) is 24.9 Å². The summed E-state index contributed by atoms with van der Waals surface area (Å²) in [7, 11) is 3.12. The Hall–Kier alpha value is -13.0. The molecule has 0 fully saturated rings.